The van der Waals surface area contributed by atoms with E-state index in [4.69, 9.17) is 5.73 Å². The van der Waals surface area contributed by atoms with Crippen molar-refractivity contribution in [1.82, 2.24) is 15.5 Å². The molecule has 5 nitrogen and oxygen atoms in total. The summed E-state index contributed by atoms with van der Waals surface area (Å²) in [5.74, 6) is -0.190. The number of nitrogens with two attached hydrogens (primary N) is 1. The zero-order valence-electron chi connectivity index (χ0n) is 15.7. The summed E-state index contributed by atoms with van der Waals surface area (Å²) in [6, 6.07) is 18.4. The molecule has 140 valence electrons. The van der Waals surface area contributed by atoms with Crippen LogP contribution in [-0.2, 0) is 6.54 Å². The summed E-state index contributed by atoms with van der Waals surface area (Å²) in [7, 11) is 0. The maximum absolute atomic E-state index is 12.7. The molecule has 4 rings (SSSR count). The van der Waals surface area contributed by atoms with E-state index in [1.54, 1.807) is 0 Å². The van der Waals surface area contributed by atoms with Crippen molar-refractivity contribution in [3.63, 3.8) is 0 Å². The summed E-state index contributed by atoms with van der Waals surface area (Å²) in [6.07, 6.45) is 0. The maximum Gasteiger partial charge on any atom is 0.263 e. The number of rotatable bonds is 4. The smallest absolute Gasteiger partial charge is 0.263 e. The van der Waals surface area contributed by atoms with Gasteiger partial charge in [-0.15, -0.1) is 16.4 Å². The predicted octanol–water partition coefficient (Wildman–Crippen LogP) is 4.49. The molecule has 0 radical (unpaired) electrons. The van der Waals surface area contributed by atoms with Gasteiger partial charge in [0.25, 0.3) is 5.91 Å². The number of nitrogens with one attached hydrogen (secondary N) is 1. The second-order valence-corrected chi connectivity index (χ2v) is 7.68. The minimum absolute atomic E-state index is 0.190. The van der Waals surface area contributed by atoms with Crippen molar-refractivity contribution in [2.24, 2.45) is 0 Å². The van der Waals surface area contributed by atoms with Crippen LogP contribution in [0.3, 0.4) is 0 Å². The van der Waals surface area contributed by atoms with Crippen molar-refractivity contribution in [3.05, 3.63) is 76.3 Å². The Labute approximate surface area is 167 Å². The molecule has 1 amide bonds. The lowest BCUT2D eigenvalue weighted by Crippen LogP contribution is -2.22. The van der Waals surface area contributed by atoms with Crippen molar-refractivity contribution in [3.8, 4) is 11.1 Å². The number of nitrogen functional groups attached to an aromatic ring is 1. The van der Waals surface area contributed by atoms with Crippen LogP contribution < -0.4 is 11.1 Å². The van der Waals surface area contributed by atoms with Crippen LogP contribution >= 0.6 is 11.3 Å². The minimum Gasteiger partial charge on any atom is -0.397 e. The fourth-order valence-corrected chi connectivity index (χ4v) is 4.13. The Balaban J connectivity index is 1.50. The molecule has 0 atom stereocenters. The summed E-state index contributed by atoms with van der Waals surface area (Å²) in [5, 5.41) is 12.1. The molecule has 0 bridgehead atoms. The molecule has 4 aromatic rings. The van der Waals surface area contributed by atoms with E-state index >= 15 is 0 Å². The molecule has 0 saturated heterocycles. The second kappa shape index (κ2) is 7.40. The van der Waals surface area contributed by atoms with Crippen LogP contribution in [0.4, 0.5) is 5.69 Å². The summed E-state index contributed by atoms with van der Waals surface area (Å²) < 4.78 is 0. The number of anilines is 1. The molecule has 0 aliphatic rings. The van der Waals surface area contributed by atoms with E-state index in [1.807, 2.05) is 44.2 Å². The highest BCUT2D eigenvalue weighted by molar-refractivity contribution is 7.21. The molecule has 28 heavy (non-hydrogen) atoms. The highest BCUT2D eigenvalue weighted by Crippen LogP contribution is 2.34. The van der Waals surface area contributed by atoms with E-state index in [0.29, 0.717) is 21.9 Å². The third kappa shape index (κ3) is 3.34. The molecular formula is C22H20N4OS. The number of hydrogen-bond donors (Lipinski definition) is 2. The molecule has 0 saturated carbocycles. The highest BCUT2D eigenvalue weighted by Gasteiger charge is 2.19. The van der Waals surface area contributed by atoms with E-state index < -0.39 is 0 Å². The van der Waals surface area contributed by atoms with Gasteiger partial charge < -0.3 is 11.1 Å². The monoisotopic (exact) mass is 388 g/mol. The molecule has 0 aliphatic heterocycles. The molecule has 0 fully saturated rings. The normalized spacial score (nSPS) is 10.9. The fourth-order valence-electron chi connectivity index (χ4n) is 3.12. The third-order valence-electron chi connectivity index (χ3n) is 4.86. The van der Waals surface area contributed by atoms with Crippen LogP contribution in [0, 0.1) is 13.8 Å². The Morgan fingerprint density at radius 1 is 1.00 bits per heavy atom. The number of aromatic nitrogens is 2. The van der Waals surface area contributed by atoms with Crippen LogP contribution in [0.5, 0.6) is 0 Å². The molecule has 2 aromatic carbocycles. The largest absolute Gasteiger partial charge is 0.397 e. The topological polar surface area (TPSA) is 80.9 Å². The van der Waals surface area contributed by atoms with E-state index in [2.05, 4.69) is 39.8 Å². The average Bonchev–Trinajstić information content (AvgIpc) is 3.07. The number of carbonyl (C=O) groups excluding carboxylic acids is 1. The van der Waals surface area contributed by atoms with Gasteiger partial charge in [0, 0.05) is 11.9 Å². The van der Waals surface area contributed by atoms with Gasteiger partial charge in [-0.1, -0.05) is 54.6 Å². The number of benzene rings is 2. The number of aryl methyl sites for hydroxylation is 2. The molecule has 0 spiro atoms. The SMILES string of the molecule is Cc1nnc2sc(C(=O)NCc3ccc(-c4ccccc4)cc3)c(N)c2c1C. The van der Waals surface area contributed by atoms with E-state index in [9.17, 15) is 4.79 Å². The summed E-state index contributed by atoms with van der Waals surface area (Å²) in [6.45, 7) is 4.27. The quantitative estimate of drug-likeness (QED) is 0.540. The van der Waals surface area contributed by atoms with Crippen molar-refractivity contribution in [2.45, 2.75) is 20.4 Å². The van der Waals surface area contributed by atoms with Crippen LogP contribution in [-0.4, -0.2) is 16.1 Å². The van der Waals surface area contributed by atoms with Gasteiger partial charge in [0.2, 0.25) is 0 Å². The Kier molecular flexibility index (Phi) is 4.79. The first-order valence-corrected chi connectivity index (χ1v) is 9.80. The van der Waals surface area contributed by atoms with Gasteiger partial charge in [0.05, 0.1) is 11.4 Å². The average molecular weight is 388 g/mol. The van der Waals surface area contributed by atoms with Gasteiger partial charge in [0.15, 0.2) is 0 Å². The first-order valence-electron chi connectivity index (χ1n) is 8.99. The van der Waals surface area contributed by atoms with E-state index in [-0.39, 0.29) is 5.91 Å². The van der Waals surface area contributed by atoms with Crippen LogP contribution in [0.2, 0.25) is 0 Å². The van der Waals surface area contributed by atoms with Crippen LogP contribution in [0.25, 0.3) is 21.3 Å². The molecular weight excluding hydrogens is 368 g/mol. The molecule has 0 unspecified atom stereocenters. The highest BCUT2D eigenvalue weighted by atomic mass is 32.1. The third-order valence-corrected chi connectivity index (χ3v) is 5.94. The van der Waals surface area contributed by atoms with Crippen LogP contribution in [0.15, 0.2) is 54.6 Å². The maximum atomic E-state index is 12.7. The zero-order chi connectivity index (χ0) is 19.7. The molecule has 6 heteroatoms. The molecule has 2 heterocycles. The van der Waals surface area contributed by atoms with E-state index in [1.165, 1.54) is 16.9 Å². The number of fused-ring (bicyclic) bond motifs is 1. The predicted molar refractivity (Wildman–Crippen MR) is 114 cm³/mol. The van der Waals surface area contributed by atoms with Gasteiger partial charge in [-0.2, -0.15) is 5.10 Å². The van der Waals surface area contributed by atoms with Gasteiger partial charge in [-0.25, -0.2) is 0 Å². The summed E-state index contributed by atoms with van der Waals surface area (Å²) in [5.41, 5.74) is 11.9. The Bertz CT molecular complexity index is 1150. The number of nitrogens with zero attached hydrogens (tertiary/aromatic N) is 2. The van der Waals surface area contributed by atoms with Gasteiger partial charge in [-0.3, -0.25) is 4.79 Å². The Hall–Kier alpha value is -3.25. The van der Waals surface area contributed by atoms with Gasteiger partial charge in [0.1, 0.15) is 9.71 Å². The molecule has 2 aromatic heterocycles. The lowest BCUT2D eigenvalue weighted by molar-refractivity contribution is 0.0956. The van der Waals surface area contributed by atoms with Crippen molar-refractivity contribution in [2.75, 3.05) is 5.73 Å². The number of hydrogen-bond acceptors (Lipinski definition) is 5. The number of amides is 1. The Morgan fingerprint density at radius 3 is 2.39 bits per heavy atom. The summed E-state index contributed by atoms with van der Waals surface area (Å²) in [4.78, 5) is 13.8. The Morgan fingerprint density at radius 2 is 1.68 bits per heavy atom. The first-order chi connectivity index (χ1) is 13.5. The summed E-state index contributed by atoms with van der Waals surface area (Å²) >= 11 is 1.28. The molecule has 3 N–H and O–H groups in total. The van der Waals surface area contributed by atoms with Gasteiger partial charge >= 0.3 is 0 Å². The van der Waals surface area contributed by atoms with E-state index in [0.717, 1.165) is 27.8 Å². The number of carbonyl (C=O) groups is 1. The zero-order valence-corrected chi connectivity index (χ0v) is 16.5. The lowest BCUT2D eigenvalue weighted by Gasteiger charge is -2.07. The second-order valence-electron chi connectivity index (χ2n) is 6.68. The van der Waals surface area contributed by atoms with Crippen molar-refractivity contribution < 1.29 is 4.79 Å². The first kappa shape index (κ1) is 18.1. The molecule has 0 aliphatic carbocycles. The minimum atomic E-state index is -0.190. The van der Waals surface area contributed by atoms with Gasteiger partial charge in [-0.05, 0) is 36.1 Å². The van der Waals surface area contributed by atoms with Crippen molar-refractivity contribution in [1.29, 1.82) is 0 Å². The fraction of sp³-hybridized carbons (Fsp3) is 0.136. The number of thiophene rings is 1. The standard InChI is InChI=1S/C22H20N4OS/c1-13-14(2)25-26-22-18(13)19(23)20(28-22)21(27)24-12-15-8-10-17(11-9-15)16-6-4-3-5-7-16/h3-11H,12,23H2,1-2H3,(H,24,27). The van der Waals surface area contributed by atoms with Crippen LogP contribution in [0.1, 0.15) is 26.5 Å². The van der Waals surface area contributed by atoms with Crippen molar-refractivity contribution >= 4 is 33.1 Å². The lowest BCUT2D eigenvalue weighted by atomic mass is 10.0.